The van der Waals surface area contributed by atoms with E-state index in [1.165, 1.54) is 7.11 Å². The zero-order valence-corrected chi connectivity index (χ0v) is 11.1. The predicted molar refractivity (Wildman–Crippen MR) is 64.2 cm³/mol. The Morgan fingerprint density at radius 2 is 2.07 bits per heavy atom. The Morgan fingerprint density at radius 3 is 2.47 bits per heavy atom. The summed E-state index contributed by atoms with van der Waals surface area (Å²) >= 11 is 5.99. The van der Waals surface area contributed by atoms with Gasteiger partial charge in [0.15, 0.2) is 6.29 Å². The highest BCUT2D eigenvalue weighted by Gasteiger charge is 2.22. The van der Waals surface area contributed by atoms with Crippen LogP contribution in [0.1, 0.15) is 10.4 Å². The molecule has 82 valence electrons. The molecule has 0 saturated carbocycles. The summed E-state index contributed by atoms with van der Waals surface area (Å²) in [4.78, 5) is 15.1. The number of ether oxygens (including phenoxy) is 1. The molecule has 0 aliphatic heterocycles. The van der Waals surface area contributed by atoms with E-state index in [1.807, 2.05) is 0 Å². The molecule has 0 bridgehead atoms. The third kappa shape index (κ3) is 2.57. The van der Waals surface area contributed by atoms with Gasteiger partial charge in [-0.05, 0) is 6.07 Å². The summed E-state index contributed by atoms with van der Waals surface area (Å²) in [5.74, 6) is 0.315. The molecule has 0 unspecified atom stereocenters. The average molecular weight is 244 g/mol. The number of carbonyl (C=O) groups excluding carboxylic acids is 1. The van der Waals surface area contributed by atoms with E-state index in [2.05, 4.69) is 24.6 Å². The summed E-state index contributed by atoms with van der Waals surface area (Å²) < 4.78 is 5.05. The SMILES string of the molecule is COc1nc([Si](C)(C)C)cc(Cl)c1C=O. The maximum absolute atomic E-state index is 10.8. The first-order valence-corrected chi connectivity index (χ1v) is 8.48. The average Bonchev–Trinajstić information content (AvgIpc) is 2.15. The van der Waals surface area contributed by atoms with Crippen molar-refractivity contribution in [2.75, 3.05) is 7.11 Å². The Labute approximate surface area is 95.4 Å². The highest BCUT2D eigenvalue weighted by Crippen LogP contribution is 2.21. The van der Waals surface area contributed by atoms with E-state index >= 15 is 0 Å². The molecule has 0 saturated heterocycles. The van der Waals surface area contributed by atoms with Gasteiger partial charge in [-0.15, -0.1) is 0 Å². The van der Waals surface area contributed by atoms with Gasteiger partial charge in [0.1, 0.15) is 8.07 Å². The molecule has 0 amide bonds. The minimum atomic E-state index is -1.54. The third-order valence-electron chi connectivity index (χ3n) is 2.05. The van der Waals surface area contributed by atoms with Gasteiger partial charge < -0.3 is 4.74 Å². The minimum absolute atomic E-state index is 0.315. The number of pyridine rings is 1. The molecule has 1 rings (SSSR count). The largest absolute Gasteiger partial charge is 0.480 e. The quantitative estimate of drug-likeness (QED) is 0.603. The van der Waals surface area contributed by atoms with Gasteiger partial charge in [-0.25, -0.2) is 4.98 Å². The number of aldehydes is 1. The van der Waals surface area contributed by atoms with Crippen molar-refractivity contribution in [1.29, 1.82) is 0 Å². The van der Waals surface area contributed by atoms with Crippen molar-refractivity contribution in [3.63, 3.8) is 0 Å². The van der Waals surface area contributed by atoms with Gasteiger partial charge in [-0.2, -0.15) is 0 Å². The Bertz CT molecular complexity index is 388. The van der Waals surface area contributed by atoms with Crippen molar-refractivity contribution >= 4 is 31.3 Å². The van der Waals surface area contributed by atoms with Crippen molar-refractivity contribution in [3.8, 4) is 5.88 Å². The van der Waals surface area contributed by atoms with Crippen LogP contribution in [0.5, 0.6) is 5.88 Å². The van der Waals surface area contributed by atoms with E-state index in [-0.39, 0.29) is 0 Å². The Kier molecular flexibility index (Phi) is 3.52. The van der Waals surface area contributed by atoms with Crippen molar-refractivity contribution in [3.05, 3.63) is 16.7 Å². The van der Waals surface area contributed by atoms with Crippen molar-refractivity contribution in [1.82, 2.24) is 4.98 Å². The van der Waals surface area contributed by atoms with Crippen LogP contribution >= 0.6 is 11.6 Å². The van der Waals surface area contributed by atoms with Crippen LogP contribution in [0.15, 0.2) is 6.07 Å². The highest BCUT2D eigenvalue weighted by molar-refractivity contribution is 6.88. The lowest BCUT2D eigenvalue weighted by atomic mass is 10.3. The topological polar surface area (TPSA) is 39.2 Å². The maximum atomic E-state index is 10.8. The number of methoxy groups -OCH3 is 1. The second kappa shape index (κ2) is 4.33. The molecule has 3 nitrogen and oxygen atoms in total. The van der Waals surface area contributed by atoms with Crippen LogP contribution in [-0.2, 0) is 0 Å². The van der Waals surface area contributed by atoms with Crippen molar-refractivity contribution < 1.29 is 9.53 Å². The van der Waals surface area contributed by atoms with E-state index in [0.29, 0.717) is 22.8 Å². The monoisotopic (exact) mass is 243 g/mol. The number of hydrogen-bond donors (Lipinski definition) is 0. The number of nitrogens with zero attached hydrogens (tertiary/aromatic N) is 1. The van der Waals surface area contributed by atoms with Crippen molar-refractivity contribution in [2.45, 2.75) is 19.6 Å². The first kappa shape index (κ1) is 12.2. The molecule has 1 aromatic rings. The number of hydrogen-bond acceptors (Lipinski definition) is 3. The first-order valence-electron chi connectivity index (χ1n) is 4.60. The number of carbonyl (C=O) groups is 1. The highest BCUT2D eigenvalue weighted by atomic mass is 35.5. The second-order valence-electron chi connectivity index (χ2n) is 4.28. The van der Waals surface area contributed by atoms with E-state index in [4.69, 9.17) is 16.3 Å². The van der Waals surface area contributed by atoms with Gasteiger partial charge in [-0.3, -0.25) is 4.79 Å². The van der Waals surface area contributed by atoms with E-state index in [9.17, 15) is 4.79 Å². The van der Waals surface area contributed by atoms with Gasteiger partial charge in [0.05, 0.1) is 17.7 Å². The number of aromatic nitrogens is 1. The predicted octanol–water partition coefficient (Wildman–Crippen LogP) is 2.10. The molecular formula is C10H14ClNO2Si. The molecule has 0 aliphatic rings. The molecule has 0 aromatic carbocycles. The molecule has 0 aliphatic carbocycles. The van der Waals surface area contributed by atoms with Gasteiger partial charge in [0.2, 0.25) is 5.88 Å². The van der Waals surface area contributed by atoms with Gasteiger partial charge in [0, 0.05) is 5.32 Å². The molecule has 5 heteroatoms. The van der Waals surface area contributed by atoms with Crippen molar-refractivity contribution in [2.24, 2.45) is 0 Å². The van der Waals surface area contributed by atoms with Crippen LogP contribution in [-0.4, -0.2) is 26.5 Å². The number of rotatable bonds is 3. The fraction of sp³-hybridized carbons (Fsp3) is 0.400. The number of halogens is 1. The van der Waals surface area contributed by atoms with Gasteiger partial charge in [-0.1, -0.05) is 31.2 Å². The Morgan fingerprint density at radius 1 is 1.47 bits per heavy atom. The van der Waals surface area contributed by atoms with E-state index < -0.39 is 8.07 Å². The normalized spacial score (nSPS) is 11.3. The Hall–Kier alpha value is -0.873. The van der Waals surface area contributed by atoms with Crippen LogP contribution in [0.4, 0.5) is 0 Å². The summed E-state index contributed by atoms with van der Waals surface area (Å²) in [6.45, 7) is 6.48. The van der Waals surface area contributed by atoms with Crippen LogP contribution in [0.2, 0.25) is 24.7 Å². The lowest BCUT2D eigenvalue weighted by molar-refractivity contribution is 0.112. The second-order valence-corrected chi connectivity index (χ2v) is 9.70. The lowest BCUT2D eigenvalue weighted by Crippen LogP contribution is -2.40. The summed E-state index contributed by atoms with van der Waals surface area (Å²) in [5.41, 5.74) is 0.321. The van der Waals surface area contributed by atoms with E-state index in [0.717, 1.165) is 5.32 Å². The molecular weight excluding hydrogens is 230 g/mol. The summed E-state index contributed by atoms with van der Waals surface area (Å²) in [6.07, 6.45) is 0.669. The third-order valence-corrected chi connectivity index (χ3v) is 4.16. The smallest absolute Gasteiger partial charge is 0.225 e. The lowest BCUT2D eigenvalue weighted by Gasteiger charge is -2.17. The zero-order chi connectivity index (χ0) is 11.6. The summed E-state index contributed by atoms with van der Waals surface area (Å²) in [7, 11) is -0.0538. The molecule has 0 spiro atoms. The van der Waals surface area contributed by atoms with Gasteiger partial charge in [0.25, 0.3) is 0 Å². The van der Waals surface area contributed by atoms with E-state index in [1.54, 1.807) is 6.07 Å². The first-order chi connectivity index (χ1) is 6.90. The molecule has 15 heavy (non-hydrogen) atoms. The van der Waals surface area contributed by atoms with Crippen LogP contribution in [0, 0.1) is 0 Å². The minimum Gasteiger partial charge on any atom is -0.480 e. The molecule has 1 aromatic heterocycles. The maximum Gasteiger partial charge on any atom is 0.225 e. The fourth-order valence-electron chi connectivity index (χ4n) is 1.15. The van der Waals surface area contributed by atoms with Crippen LogP contribution in [0.3, 0.4) is 0 Å². The zero-order valence-electron chi connectivity index (χ0n) is 9.30. The molecule has 0 atom stereocenters. The molecule has 0 radical (unpaired) electrons. The fourth-order valence-corrected chi connectivity index (χ4v) is 2.48. The standard InChI is InChI=1S/C10H14ClNO2Si/c1-14-10-7(6-13)8(11)5-9(12-10)15(2,3)4/h5-6H,1-4H3. The summed E-state index contributed by atoms with van der Waals surface area (Å²) in [5, 5.41) is 1.35. The van der Waals surface area contributed by atoms with Crippen LogP contribution in [0.25, 0.3) is 0 Å². The van der Waals surface area contributed by atoms with Crippen LogP contribution < -0.4 is 10.1 Å². The molecule has 1 heterocycles. The molecule has 0 N–H and O–H groups in total. The van der Waals surface area contributed by atoms with Gasteiger partial charge >= 0.3 is 0 Å². The molecule has 0 fully saturated rings. The Balaban J connectivity index is 3.38. The summed E-state index contributed by atoms with van der Waals surface area (Å²) in [6, 6.07) is 1.76.